The number of aromatic nitrogens is 4. The van der Waals surface area contributed by atoms with Crippen molar-refractivity contribution >= 4 is 34.3 Å². The van der Waals surface area contributed by atoms with Crippen LogP contribution in [-0.4, -0.2) is 38.4 Å². The van der Waals surface area contributed by atoms with Crippen molar-refractivity contribution in [2.24, 2.45) is 0 Å². The van der Waals surface area contributed by atoms with Crippen molar-refractivity contribution in [1.29, 1.82) is 0 Å². The minimum Gasteiger partial charge on any atom is -0.468 e. The van der Waals surface area contributed by atoms with Crippen molar-refractivity contribution in [3.8, 4) is 11.3 Å². The average molecular weight is 350 g/mol. The van der Waals surface area contributed by atoms with E-state index in [1.807, 2.05) is 18.2 Å². The number of thioether (sulfide) groups is 1. The van der Waals surface area contributed by atoms with Crippen molar-refractivity contribution in [3.05, 3.63) is 54.7 Å². The molecule has 25 heavy (non-hydrogen) atoms. The van der Waals surface area contributed by atoms with Gasteiger partial charge in [0.15, 0.2) is 0 Å². The van der Waals surface area contributed by atoms with E-state index in [0.29, 0.717) is 10.9 Å². The van der Waals surface area contributed by atoms with E-state index in [1.54, 1.807) is 10.7 Å². The lowest BCUT2D eigenvalue weighted by Crippen LogP contribution is -2.03. The van der Waals surface area contributed by atoms with E-state index in [0.717, 1.165) is 16.6 Å². The predicted molar refractivity (Wildman–Crippen MR) is 96.5 cm³/mol. The molecule has 0 unspecified atom stereocenters. The van der Waals surface area contributed by atoms with Gasteiger partial charge >= 0.3 is 5.97 Å². The van der Waals surface area contributed by atoms with Crippen molar-refractivity contribution in [2.45, 2.75) is 5.16 Å². The number of esters is 1. The van der Waals surface area contributed by atoms with Gasteiger partial charge in [-0.2, -0.15) is 9.50 Å². The normalized spacial score (nSPS) is 11.1. The number of rotatable bonds is 4. The highest BCUT2D eigenvalue weighted by Gasteiger charge is 2.12. The summed E-state index contributed by atoms with van der Waals surface area (Å²) in [4.78, 5) is 19.9. The molecule has 2 heterocycles. The van der Waals surface area contributed by atoms with Crippen LogP contribution in [0.5, 0.6) is 0 Å². The molecule has 0 spiro atoms. The van der Waals surface area contributed by atoms with E-state index < -0.39 is 0 Å². The number of carbonyl (C=O) groups excluding carboxylic acids is 1. The van der Waals surface area contributed by atoms with Gasteiger partial charge in [-0.1, -0.05) is 48.2 Å². The molecule has 6 nitrogen and oxygen atoms in total. The Morgan fingerprint density at radius 3 is 2.84 bits per heavy atom. The maximum absolute atomic E-state index is 11.3. The molecule has 2 aromatic heterocycles. The molecule has 0 saturated heterocycles. The van der Waals surface area contributed by atoms with Crippen LogP contribution >= 0.6 is 11.8 Å². The Balaban J connectivity index is 1.75. The van der Waals surface area contributed by atoms with Crippen LogP contribution in [0.3, 0.4) is 0 Å². The van der Waals surface area contributed by atoms with Crippen molar-refractivity contribution in [2.75, 3.05) is 12.9 Å². The molecular weight excluding hydrogens is 336 g/mol. The zero-order chi connectivity index (χ0) is 17.2. The van der Waals surface area contributed by atoms with Gasteiger partial charge in [-0.25, -0.2) is 4.98 Å². The van der Waals surface area contributed by atoms with E-state index in [4.69, 9.17) is 0 Å². The number of carbonyl (C=O) groups is 1. The second-order valence-electron chi connectivity index (χ2n) is 5.36. The second kappa shape index (κ2) is 6.52. The van der Waals surface area contributed by atoms with E-state index >= 15 is 0 Å². The second-order valence-corrected chi connectivity index (χ2v) is 6.31. The van der Waals surface area contributed by atoms with E-state index in [9.17, 15) is 4.79 Å². The quantitative estimate of drug-likeness (QED) is 0.416. The largest absolute Gasteiger partial charge is 0.468 e. The first-order valence-corrected chi connectivity index (χ1v) is 8.64. The van der Waals surface area contributed by atoms with Gasteiger partial charge in [-0.05, 0) is 22.9 Å². The fourth-order valence-corrected chi connectivity index (χ4v) is 3.24. The van der Waals surface area contributed by atoms with Gasteiger partial charge in [0.2, 0.25) is 5.16 Å². The summed E-state index contributed by atoms with van der Waals surface area (Å²) in [6.45, 7) is 0. The number of hydrogen-bond acceptors (Lipinski definition) is 6. The molecule has 0 radical (unpaired) electrons. The summed E-state index contributed by atoms with van der Waals surface area (Å²) in [7, 11) is 1.36. The summed E-state index contributed by atoms with van der Waals surface area (Å²) in [5.74, 6) is 0.350. The molecule has 4 rings (SSSR count). The Kier molecular flexibility index (Phi) is 4.07. The Labute approximate surface area is 147 Å². The number of methoxy groups -OCH3 is 1. The van der Waals surface area contributed by atoms with Crippen LogP contribution in [0.1, 0.15) is 0 Å². The number of benzene rings is 2. The Morgan fingerprint density at radius 1 is 1.16 bits per heavy atom. The summed E-state index contributed by atoms with van der Waals surface area (Å²) in [5.41, 5.74) is 1.92. The maximum atomic E-state index is 11.3. The molecule has 0 N–H and O–H groups in total. The molecule has 7 heteroatoms. The molecule has 0 saturated carbocycles. The van der Waals surface area contributed by atoms with Crippen LogP contribution < -0.4 is 0 Å². The maximum Gasteiger partial charge on any atom is 0.316 e. The van der Waals surface area contributed by atoms with E-state index in [2.05, 4.69) is 50.1 Å². The summed E-state index contributed by atoms with van der Waals surface area (Å²) in [6, 6.07) is 16.4. The summed E-state index contributed by atoms with van der Waals surface area (Å²) < 4.78 is 6.34. The minimum atomic E-state index is -0.313. The highest BCUT2D eigenvalue weighted by Crippen LogP contribution is 2.25. The molecule has 0 atom stereocenters. The van der Waals surface area contributed by atoms with Gasteiger partial charge in [0.05, 0.1) is 18.6 Å². The summed E-state index contributed by atoms with van der Waals surface area (Å²) >= 11 is 1.23. The van der Waals surface area contributed by atoms with Crippen LogP contribution in [0.25, 0.3) is 27.8 Å². The highest BCUT2D eigenvalue weighted by molar-refractivity contribution is 7.99. The van der Waals surface area contributed by atoms with Crippen LogP contribution in [-0.2, 0) is 9.53 Å². The van der Waals surface area contributed by atoms with Crippen molar-refractivity contribution in [1.82, 2.24) is 19.6 Å². The third-order valence-electron chi connectivity index (χ3n) is 3.81. The lowest BCUT2D eigenvalue weighted by molar-refractivity contribution is -0.137. The Hall–Kier alpha value is -2.93. The Morgan fingerprint density at radius 2 is 2.00 bits per heavy atom. The first-order valence-electron chi connectivity index (χ1n) is 7.65. The summed E-state index contributed by atoms with van der Waals surface area (Å²) in [5, 5.41) is 7.31. The third kappa shape index (κ3) is 3.06. The molecule has 0 aliphatic heterocycles. The van der Waals surface area contributed by atoms with Crippen molar-refractivity contribution < 1.29 is 9.53 Å². The number of fused-ring (bicyclic) bond motifs is 2. The van der Waals surface area contributed by atoms with Gasteiger partial charge in [0.25, 0.3) is 5.78 Å². The lowest BCUT2D eigenvalue weighted by Gasteiger charge is -2.05. The molecule has 0 aliphatic carbocycles. The van der Waals surface area contributed by atoms with Gasteiger partial charge in [0, 0.05) is 11.8 Å². The Bertz CT molecular complexity index is 1080. The predicted octanol–water partition coefficient (Wildman–Crippen LogP) is 3.21. The third-order valence-corrected chi connectivity index (χ3v) is 4.62. The van der Waals surface area contributed by atoms with Crippen LogP contribution in [0.15, 0.2) is 59.9 Å². The monoisotopic (exact) mass is 350 g/mol. The van der Waals surface area contributed by atoms with Crippen LogP contribution in [0, 0.1) is 0 Å². The number of hydrogen-bond donors (Lipinski definition) is 0. The minimum absolute atomic E-state index is 0.165. The van der Waals surface area contributed by atoms with E-state index in [1.165, 1.54) is 24.3 Å². The topological polar surface area (TPSA) is 69.4 Å². The molecule has 4 aromatic rings. The number of nitrogens with zero attached hydrogens (tertiary/aromatic N) is 4. The molecule has 0 aliphatic rings. The number of ether oxygens (including phenoxy) is 1. The molecule has 2 aromatic carbocycles. The van der Waals surface area contributed by atoms with E-state index in [-0.39, 0.29) is 11.7 Å². The molecule has 0 bridgehead atoms. The molecule has 0 fully saturated rings. The molecule has 0 amide bonds. The summed E-state index contributed by atoms with van der Waals surface area (Å²) in [6.07, 6.45) is 1.71. The van der Waals surface area contributed by atoms with Gasteiger partial charge < -0.3 is 4.74 Å². The van der Waals surface area contributed by atoms with Crippen LogP contribution in [0.2, 0.25) is 0 Å². The lowest BCUT2D eigenvalue weighted by atomic mass is 10.1. The average Bonchev–Trinajstić information content (AvgIpc) is 3.08. The van der Waals surface area contributed by atoms with Gasteiger partial charge in [-0.3, -0.25) is 4.79 Å². The standard InChI is InChI=1S/C18H14N4O2S/c1-24-16(23)11-25-18-20-17-19-9-8-15(22(17)21-18)14-7-6-12-4-2-3-5-13(12)10-14/h2-10H,11H2,1H3. The van der Waals surface area contributed by atoms with Crippen molar-refractivity contribution in [3.63, 3.8) is 0 Å². The van der Waals surface area contributed by atoms with Gasteiger partial charge in [-0.15, -0.1) is 5.10 Å². The molecule has 124 valence electrons. The zero-order valence-electron chi connectivity index (χ0n) is 13.4. The zero-order valence-corrected chi connectivity index (χ0v) is 14.2. The molecular formula is C18H14N4O2S. The fraction of sp³-hybridized carbons (Fsp3) is 0.111. The van der Waals surface area contributed by atoms with Gasteiger partial charge in [0.1, 0.15) is 0 Å². The van der Waals surface area contributed by atoms with Crippen LogP contribution in [0.4, 0.5) is 0 Å². The fourth-order valence-electron chi connectivity index (χ4n) is 2.59. The highest BCUT2D eigenvalue weighted by atomic mass is 32.2. The SMILES string of the molecule is COC(=O)CSc1nc2nccc(-c3ccc4ccccc4c3)n2n1. The first kappa shape index (κ1) is 15.6. The smallest absolute Gasteiger partial charge is 0.316 e. The first-order chi connectivity index (χ1) is 12.2.